The van der Waals surface area contributed by atoms with E-state index in [1.54, 1.807) is 20.8 Å². The van der Waals surface area contributed by atoms with Gasteiger partial charge in [0.1, 0.15) is 5.60 Å². The van der Waals surface area contributed by atoms with E-state index in [0.29, 0.717) is 12.8 Å². The van der Waals surface area contributed by atoms with E-state index in [1.807, 2.05) is 0 Å². The molecule has 1 rings (SSSR count). The first kappa shape index (κ1) is 13.4. The van der Waals surface area contributed by atoms with Gasteiger partial charge in [-0.2, -0.15) is 8.78 Å². The Balaban J connectivity index is 2.64. The summed E-state index contributed by atoms with van der Waals surface area (Å²) in [4.78, 5) is 11.4. The number of esters is 1. The van der Waals surface area contributed by atoms with E-state index < -0.39 is 23.4 Å². The molecule has 0 amide bonds. The van der Waals surface area contributed by atoms with Gasteiger partial charge in [-0.05, 0) is 40.2 Å². The molecule has 0 aromatic carbocycles. The molecule has 1 aliphatic rings. The van der Waals surface area contributed by atoms with Crippen LogP contribution in [0.25, 0.3) is 0 Å². The van der Waals surface area contributed by atoms with Gasteiger partial charge in [0.2, 0.25) is 0 Å². The lowest BCUT2D eigenvalue weighted by Crippen LogP contribution is -2.48. The fourth-order valence-electron chi connectivity index (χ4n) is 1.67. The number of nitrogens with one attached hydrogen (secondary N) is 1. The molecule has 1 atom stereocenters. The first-order valence-electron chi connectivity index (χ1n) is 5.55. The molecule has 1 fully saturated rings. The molecule has 1 N–H and O–H groups in total. The molecule has 3 nitrogen and oxygen atoms in total. The van der Waals surface area contributed by atoms with Crippen molar-refractivity contribution in [1.82, 2.24) is 5.32 Å². The monoisotopic (exact) mass is 235 g/mol. The maximum atomic E-state index is 13.7. The number of carbonyl (C=O) groups is 1. The second kappa shape index (κ2) is 4.65. The molecule has 16 heavy (non-hydrogen) atoms. The molecule has 0 saturated carbocycles. The zero-order valence-electron chi connectivity index (χ0n) is 9.98. The van der Waals surface area contributed by atoms with Crippen LogP contribution in [0, 0.1) is 5.92 Å². The Labute approximate surface area is 94.5 Å². The number of hydrogen-bond acceptors (Lipinski definition) is 3. The molecular formula is C11H19F2NO2. The lowest BCUT2D eigenvalue weighted by molar-refractivity contribution is -0.192. The highest BCUT2D eigenvalue weighted by Crippen LogP contribution is 2.32. The number of piperidine rings is 1. The van der Waals surface area contributed by atoms with Crippen molar-refractivity contribution in [2.75, 3.05) is 13.1 Å². The standard InChI is InChI=1S/C11H19F2NO2/c1-10(2,3)16-9(15)11(12,13)8-5-4-6-14-7-8/h8,14H,4-7H2,1-3H3. The quantitative estimate of drug-likeness (QED) is 0.744. The van der Waals surface area contributed by atoms with Crippen LogP contribution < -0.4 is 5.32 Å². The van der Waals surface area contributed by atoms with Gasteiger partial charge in [-0.15, -0.1) is 0 Å². The van der Waals surface area contributed by atoms with Crippen LogP contribution in [0.3, 0.4) is 0 Å². The summed E-state index contributed by atoms with van der Waals surface area (Å²) >= 11 is 0. The van der Waals surface area contributed by atoms with Gasteiger partial charge in [0.05, 0.1) is 0 Å². The number of carbonyl (C=O) groups excluding carboxylic acids is 1. The molecule has 1 unspecified atom stereocenters. The SMILES string of the molecule is CC(C)(C)OC(=O)C(F)(F)C1CCCNC1. The first-order valence-corrected chi connectivity index (χ1v) is 5.55. The Kier molecular flexibility index (Phi) is 3.88. The third kappa shape index (κ3) is 3.40. The van der Waals surface area contributed by atoms with Gasteiger partial charge in [0, 0.05) is 12.5 Å². The van der Waals surface area contributed by atoms with Crippen LogP contribution in [-0.2, 0) is 9.53 Å². The minimum Gasteiger partial charge on any atom is -0.456 e. The predicted octanol–water partition coefficient (Wildman–Crippen LogP) is 1.96. The second-order valence-corrected chi connectivity index (χ2v) is 5.17. The van der Waals surface area contributed by atoms with E-state index in [4.69, 9.17) is 4.74 Å². The van der Waals surface area contributed by atoms with Crippen LogP contribution in [0.1, 0.15) is 33.6 Å². The van der Waals surface area contributed by atoms with Crippen LogP contribution >= 0.6 is 0 Å². The Morgan fingerprint density at radius 2 is 2.00 bits per heavy atom. The lowest BCUT2D eigenvalue weighted by Gasteiger charge is -2.31. The number of rotatable bonds is 2. The van der Waals surface area contributed by atoms with E-state index in [-0.39, 0.29) is 6.54 Å². The zero-order valence-corrected chi connectivity index (χ0v) is 9.98. The molecule has 0 spiro atoms. The van der Waals surface area contributed by atoms with E-state index >= 15 is 0 Å². The molecule has 0 aromatic heterocycles. The van der Waals surface area contributed by atoms with Crippen LogP contribution in [-0.4, -0.2) is 30.6 Å². The van der Waals surface area contributed by atoms with Gasteiger partial charge < -0.3 is 10.1 Å². The van der Waals surface area contributed by atoms with Crippen LogP contribution in [0.4, 0.5) is 8.78 Å². The summed E-state index contributed by atoms with van der Waals surface area (Å²) in [6, 6.07) is 0. The highest BCUT2D eigenvalue weighted by Gasteiger charge is 2.49. The Hall–Kier alpha value is -0.710. The normalized spacial score (nSPS) is 22.9. The van der Waals surface area contributed by atoms with Crippen molar-refractivity contribution < 1.29 is 18.3 Å². The van der Waals surface area contributed by atoms with Crippen molar-refractivity contribution in [2.45, 2.75) is 45.1 Å². The molecule has 1 heterocycles. The first-order chi connectivity index (χ1) is 7.23. The molecule has 0 aliphatic carbocycles. The number of hydrogen-bond donors (Lipinski definition) is 1. The molecule has 0 bridgehead atoms. The van der Waals surface area contributed by atoms with Gasteiger partial charge in [0.15, 0.2) is 0 Å². The predicted molar refractivity (Wildman–Crippen MR) is 56.4 cm³/mol. The summed E-state index contributed by atoms with van der Waals surface area (Å²) in [5.74, 6) is -5.74. The largest absolute Gasteiger partial charge is 0.456 e. The van der Waals surface area contributed by atoms with Crippen molar-refractivity contribution in [3.05, 3.63) is 0 Å². The summed E-state index contributed by atoms with van der Waals surface area (Å²) in [6.07, 6.45) is 1.03. The summed E-state index contributed by atoms with van der Waals surface area (Å²) in [7, 11) is 0. The van der Waals surface area contributed by atoms with Gasteiger partial charge in [-0.3, -0.25) is 0 Å². The Morgan fingerprint density at radius 1 is 1.38 bits per heavy atom. The minimum atomic E-state index is -3.39. The number of alkyl halides is 2. The molecule has 0 aromatic rings. The van der Waals surface area contributed by atoms with E-state index in [1.165, 1.54) is 0 Å². The van der Waals surface area contributed by atoms with Crippen molar-refractivity contribution in [2.24, 2.45) is 5.92 Å². The highest BCUT2D eigenvalue weighted by molar-refractivity contribution is 5.78. The third-order valence-corrected chi connectivity index (χ3v) is 2.48. The maximum absolute atomic E-state index is 13.7. The average Bonchev–Trinajstić information content (AvgIpc) is 2.16. The Morgan fingerprint density at radius 3 is 2.44 bits per heavy atom. The van der Waals surface area contributed by atoms with E-state index in [9.17, 15) is 13.6 Å². The van der Waals surface area contributed by atoms with Crippen LogP contribution in [0.2, 0.25) is 0 Å². The summed E-state index contributed by atoms with van der Waals surface area (Å²) < 4.78 is 32.2. The second-order valence-electron chi connectivity index (χ2n) is 5.17. The van der Waals surface area contributed by atoms with Gasteiger partial charge in [-0.25, -0.2) is 4.79 Å². The number of halogens is 2. The van der Waals surface area contributed by atoms with Crippen LogP contribution in [0.15, 0.2) is 0 Å². The third-order valence-electron chi connectivity index (χ3n) is 2.48. The van der Waals surface area contributed by atoms with E-state index in [2.05, 4.69) is 5.32 Å². The molecular weight excluding hydrogens is 216 g/mol. The van der Waals surface area contributed by atoms with E-state index in [0.717, 1.165) is 6.54 Å². The topological polar surface area (TPSA) is 38.3 Å². The maximum Gasteiger partial charge on any atom is 0.377 e. The van der Waals surface area contributed by atoms with Crippen molar-refractivity contribution in [1.29, 1.82) is 0 Å². The van der Waals surface area contributed by atoms with Gasteiger partial charge in [0.25, 0.3) is 0 Å². The summed E-state index contributed by atoms with van der Waals surface area (Å²) in [6.45, 7) is 5.66. The van der Waals surface area contributed by atoms with Gasteiger partial charge in [-0.1, -0.05) is 0 Å². The fraction of sp³-hybridized carbons (Fsp3) is 0.909. The molecule has 1 saturated heterocycles. The fourth-order valence-corrected chi connectivity index (χ4v) is 1.67. The van der Waals surface area contributed by atoms with Crippen molar-refractivity contribution in [3.8, 4) is 0 Å². The molecule has 94 valence electrons. The zero-order chi connectivity index (χ0) is 12.4. The van der Waals surface area contributed by atoms with Crippen molar-refractivity contribution >= 4 is 5.97 Å². The molecule has 1 aliphatic heterocycles. The minimum absolute atomic E-state index is 0.173. The van der Waals surface area contributed by atoms with Crippen LogP contribution in [0.5, 0.6) is 0 Å². The highest BCUT2D eigenvalue weighted by atomic mass is 19.3. The number of ether oxygens (including phenoxy) is 1. The molecule has 5 heteroatoms. The smallest absolute Gasteiger partial charge is 0.377 e. The van der Waals surface area contributed by atoms with Crippen molar-refractivity contribution in [3.63, 3.8) is 0 Å². The summed E-state index contributed by atoms with van der Waals surface area (Å²) in [5.41, 5.74) is -0.872. The van der Waals surface area contributed by atoms with Gasteiger partial charge >= 0.3 is 11.9 Å². The Bertz CT molecular complexity index is 255. The lowest BCUT2D eigenvalue weighted by atomic mass is 9.93. The summed E-state index contributed by atoms with van der Waals surface area (Å²) in [5, 5.41) is 2.87. The average molecular weight is 235 g/mol. The molecule has 0 radical (unpaired) electrons.